The molecule has 0 spiro atoms. The van der Waals surface area contributed by atoms with Crippen molar-refractivity contribution >= 4 is 49.3 Å². The molecule has 0 saturated heterocycles. The molecule has 0 fully saturated rings. The van der Waals surface area contributed by atoms with Crippen LogP contribution in [0.15, 0.2) is 72.6 Å². The Balaban J connectivity index is 0.000000309. The Labute approximate surface area is 297 Å². The Bertz CT molecular complexity index is 1770. The predicted molar refractivity (Wildman–Crippen MR) is 196 cm³/mol. The van der Waals surface area contributed by atoms with Gasteiger partial charge in [-0.15, -0.1) is 28.9 Å². The topological polar surface area (TPSA) is 50.2 Å². The smallest absolute Gasteiger partial charge is 0.162 e. The summed E-state index contributed by atoms with van der Waals surface area (Å²) in [5.74, 6) is 0.547. The van der Waals surface area contributed by atoms with Gasteiger partial charge in [0.05, 0.1) is 5.76 Å². The molecule has 0 aliphatic carbocycles. The van der Waals surface area contributed by atoms with E-state index in [1.54, 1.807) is 0 Å². The third-order valence-electron chi connectivity index (χ3n) is 8.31. The largest absolute Gasteiger partial charge is 0.512 e. The number of fused-ring (bicyclic) bond motifs is 3. The molecule has 1 N–H and O–H groups in total. The van der Waals surface area contributed by atoms with Crippen molar-refractivity contribution in [3.05, 3.63) is 88.4 Å². The van der Waals surface area contributed by atoms with Crippen LogP contribution in [0.25, 0.3) is 42.6 Å². The Kier molecular flexibility index (Phi) is 14.0. The first kappa shape index (κ1) is 37.8. The molecule has 3 aromatic heterocycles. The molecule has 0 aliphatic heterocycles. The van der Waals surface area contributed by atoms with E-state index in [9.17, 15) is 9.90 Å². The van der Waals surface area contributed by atoms with E-state index >= 15 is 0 Å². The molecule has 0 atom stereocenters. The van der Waals surface area contributed by atoms with E-state index in [1.165, 1.54) is 41.7 Å². The van der Waals surface area contributed by atoms with Gasteiger partial charge < -0.3 is 5.11 Å². The van der Waals surface area contributed by atoms with Gasteiger partial charge >= 0.3 is 0 Å². The Morgan fingerprint density at radius 1 is 0.913 bits per heavy atom. The molecule has 2 aromatic carbocycles. The fourth-order valence-corrected chi connectivity index (χ4v) is 8.09. The van der Waals surface area contributed by atoms with Gasteiger partial charge in [-0.05, 0) is 77.8 Å². The Hall–Kier alpha value is -2.63. The number of rotatable bonds is 10. The molecule has 6 heteroatoms. The number of aryl methyl sites for hydroxylation is 1. The predicted octanol–water partition coefficient (Wildman–Crippen LogP) is 12.4. The van der Waals surface area contributed by atoms with Crippen molar-refractivity contribution in [2.75, 3.05) is 0 Å². The summed E-state index contributed by atoms with van der Waals surface area (Å²) in [7, 11) is 0. The van der Waals surface area contributed by atoms with Crippen molar-refractivity contribution in [1.82, 2.24) is 4.98 Å². The number of thiophene rings is 2. The first-order chi connectivity index (χ1) is 21.5. The van der Waals surface area contributed by atoms with Crippen LogP contribution >= 0.6 is 22.7 Å². The average molecular weight is 831 g/mol. The van der Waals surface area contributed by atoms with Crippen LogP contribution in [0.2, 0.25) is 0 Å². The zero-order valence-electron chi connectivity index (χ0n) is 28.5. The number of ketones is 1. The quantitative estimate of drug-likeness (QED) is 0.0866. The number of pyridine rings is 1. The van der Waals surface area contributed by atoms with Crippen LogP contribution in [0.5, 0.6) is 0 Å². The molecule has 247 valence electrons. The van der Waals surface area contributed by atoms with Crippen molar-refractivity contribution in [2.24, 2.45) is 17.3 Å². The zero-order valence-corrected chi connectivity index (χ0v) is 32.5. The molecule has 0 saturated carbocycles. The van der Waals surface area contributed by atoms with Gasteiger partial charge in [0.1, 0.15) is 0 Å². The number of allylic oxidation sites excluding steroid dienone is 2. The number of carbonyl (C=O) groups excluding carboxylic acids is 1. The minimum atomic E-state index is 0. The normalized spacial score (nSPS) is 12.0. The number of hydrogen-bond donors (Lipinski definition) is 1. The summed E-state index contributed by atoms with van der Waals surface area (Å²) in [5, 5.41) is 13.5. The third-order valence-corrected chi connectivity index (χ3v) is 10.5. The van der Waals surface area contributed by atoms with Gasteiger partial charge in [-0.25, -0.2) is 0 Å². The van der Waals surface area contributed by atoms with E-state index in [2.05, 4.69) is 88.4 Å². The second-order valence-corrected chi connectivity index (χ2v) is 15.5. The molecule has 0 aliphatic rings. The average Bonchev–Trinajstić information content (AvgIpc) is 3.64. The maximum atomic E-state index is 11.7. The summed E-state index contributed by atoms with van der Waals surface area (Å²) in [5.41, 5.74) is 3.63. The molecule has 1 radical (unpaired) electrons. The number of aliphatic hydroxyl groups excluding tert-OH is 1. The first-order valence-electron chi connectivity index (χ1n) is 16.3. The van der Waals surface area contributed by atoms with Crippen molar-refractivity contribution < 1.29 is 30.0 Å². The Morgan fingerprint density at radius 2 is 1.59 bits per heavy atom. The SMILES string of the molecule is CCC(CC)C(=O)/C=C(\O)C(CC)CC.Cc1cc2c(s1)c(-c1cc(-c3ccc(CC(C)(C)C)s3)ccn1)[c-]c1ccccc12.[Ir]. The molecule has 3 heterocycles. The Morgan fingerprint density at radius 3 is 2.24 bits per heavy atom. The standard InChI is InChI=1S/C27H24NS2.C13H24O2.Ir/c1-17-13-22-21-8-6-5-7-18(21)14-23(26(22)29-17)24-15-19(11-12-28-24)25-10-9-20(30-25)16-27(2,3)4;1-5-10(6-2)12(14)9-13(15)11(7-3)8-4;/h5-13,15H,16H2,1-4H3;9-11,14H,5-8H2,1-4H3;/q-1;;/b;12-9-;. The van der Waals surface area contributed by atoms with Crippen LogP contribution in [-0.2, 0) is 31.3 Å². The van der Waals surface area contributed by atoms with E-state index in [4.69, 9.17) is 4.98 Å². The van der Waals surface area contributed by atoms with Crippen LogP contribution in [-0.4, -0.2) is 15.9 Å². The molecule has 0 unspecified atom stereocenters. The van der Waals surface area contributed by atoms with Gasteiger partial charge in [-0.3, -0.25) is 9.78 Å². The van der Waals surface area contributed by atoms with Crippen molar-refractivity contribution in [2.45, 2.75) is 87.5 Å². The minimum absolute atomic E-state index is 0. The molecule has 5 rings (SSSR count). The second-order valence-electron chi connectivity index (χ2n) is 13.1. The van der Waals surface area contributed by atoms with E-state index in [-0.39, 0.29) is 43.5 Å². The monoisotopic (exact) mass is 831 g/mol. The molecule has 46 heavy (non-hydrogen) atoms. The number of nitrogens with zero attached hydrogens (tertiary/aromatic N) is 1. The second kappa shape index (κ2) is 17.0. The summed E-state index contributed by atoms with van der Waals surface area (Å²) in [6, 6.07) is 23.3. The van der Waals surface area contributed by atoms with Gasteiger partial charge in [-0.2, -0.15) is 11.3 Å². The molecular formula is C40H48IrNO2S2-. The fraction of sp³-hybridized carbons (Fsp3) is 0.400. The van der Waals surface area contributed by atoms with Crippen LogP contribution < -0.4 is 0 Å². The van der Waals surface area contributed by atoms with Crippen molar-refractivity contribution in [3.63, 3.8) is 0 Å². The van der Waals surface area contributed by atoms with Crippen LogP contribution in [0, 0.1) is 30.2 Å². The van der Waals surface area contributed by atoms with Crippen molar-refractivity contribution in [3.8, 4) is 21.7 Å². The van der Waals surface area contributed by atoms with Crippen LogP contribution in [0.3, 0.4) is 0 Å². The summed E-state index contributed by atoms with van der Waals surface area (Å²) in [6.45, 7) is 17.1. The van der Waals surface area contributed by atoms with Gasteiger partial charge in [-0.1, -0.05) is 95.1 Å². The molecule has 5 aromatic rings. The first-order valence-corrected chi connectivity index (χ1v) is 17.9. The number of carbonyl (C=O) groups is 1. The van der Waals surface area contributed by atoms with Gasteiger partial charge in [0, 0.05) is 59.7 Å². The van der Waals surface area contributed by atoms with E-state index < -0.39 is 0 Å². The van der Waals surface area contributed by atoms with Crippen LogP contribution in [0.4, 0.5) is 0 Å². The van der Waals surface area contributed by atoms with Gasteiger partial charge in [0.15, 0.2) is 5.78 Å². The summed E-state index contributed by atoms with van der Waals surface area (Å²) in [4.78, 5) is 20.5. The van der Waals surface area contributed by atoms with Crippen molar-refractivity contribution in [1.29, 1.82) is 0 Å². The zero-order chi connectivity index (χ0) is 32.7. The molecule has 0 amide bonds. The molecular weight excluding hydrogens is 783 g/mol. The number of benzene rings is 2. The van der Waals surface area contributed by atoms with E-state index in [0.717, 1.165) is 48.7 Å². The summed E-state index contributed by atoms with van der Waals surface area (Å²) < 4.78 is 1.27. The van der Waals surface area contributed by atoms with E-state index in [0.29, 0.717) is 5.41 Å². The minimum Gasteiger partial charge on any atom is -0.512 e. The maximum absolute atomic E-state index is 11.7. The molecule has 0 bridgehead atoms. The van der Waals surface area contributed by atoms with Gasteiger partial charge in [0.25, 0.3) is 0 Å². The summed E-state index contributed by atoms with van der Waals surface area (Å²) >= 11 is 3.72. The number of hydrogen-bond acceptors (Lipinski definition) is 5. The maximum Gasteiger partial charge on any atom is 0.162 e. The van der Waals surface area contributed by atoms with Gasteiger partial charge in [0.2, 0.25) is 0 Å². The van der Waals surface area contributed by atoms with E-state index in [1.807, 2.05) is 56.6 Å². The number of aliphatic hydroxyl groups is 1. The number of aromatic nitrogens is 1. The van der Waals surface area contributed by atoms with Crippen LogP contribution in [0.1, 0.15) is 83.9 Å². The third kappa shape index (κ3) is 9.47. The fourth-order valence-electron chi connectivity index (χ4n) is 5.75. The summed E-state index contributed by atoms with van der Waals surface area (Å²) in [6.07, 6.45) is 7.94. The molecule has 3 nitrogen and oxygen atoms in total.